The van der Waals surface area contributed by atoms with Crippen LogP contribution in [0.2, 0.25) is 19.6 Å². The van der Waals surface area contributed by atoms with Gasteiger partial charge in [-0.1, -0.05) is 52.4 Å². The van der Waals surface area contributed by atoms with Gasteiger partial charge in [-0.05, 0) is 36.5 Å². The Balaban J connectivity index is 2.32. The number of carbonyl (C=O) groups excluding carboxylic acids is 2. The summed E-state index contributed by atoms with van der Waals surface area (Å²) in [5, 5.41) is 9.48. The number of allylic oxidation sites excluding steroid dienone is 6. The first-order valence-electron chi connectivity index (χ1n) is 9.90. The summed E-state index contributed by atoms with van der Waals surface area (Å²) in [6, 6.07) is 2.03. The maximum atomic E-state index is 12.9. The summed E-state index contributed by atoms with van der Waals surface area (Å²) in [4.78, 5) is 29.1. The number of Topliss-reactive ketones (excluding diaryl/α,β-unsaturated/α-hetero) is 1. The van der Waals surface area contributed by atoms with Gasteiger partial charge in [0.1, 0.15) is 14.1 Å². The van der Waals surface area contributed by atoms with Crippen molar-refractivity contribution in [2.24, 2.45) is 22.2 Å². The fraction of sp³-hybridized carbons (Fsp3) is 0.500. The Hall–Kier alpha value is -2.68. The first kappa shape index (κ1) is 21.0. The van der Waals surface area contributed by atoms with Gasteiger partial charge in [0.05, 0.1) is 17.6 Å². The smallest absolute Gasteiger partial charge is 0.226 e. The Morgan fingerprint density at radius 1 is 1.21 bits per heavy atom. The molecule has 0 heterocycles. The highest BCUT2D eigenvalue weighted by molar-refractivity contribution is 6.83. The molecule has 0 amide bonds. The third kappa shape index (κ3) is 3.13. The van der Waals surface area contributed by atoms with Crippen molar-refractivity contribution in [3.63, 3.8) is 0 Å². The molecule has 0 radical (unpaired) electrons. The SMILES string of the molecule is [C-]#[N+]C1=C[C@]2(C)C3=CC(=O)C(C#N)=C[C@]3(C#C[Si](C)(C)C)CC[C@H]2C(C)(C)C1=O. The minimum absolute atomic E-state index is 0.0362. The molecule has 1 fully saturated rings. The minimum atomic E-state index is -1.70. The van der Waals surface area contributed by atoms with Gasteiger partial charge >= 0.3 is 0 Å². The topological polar surface area (TPSA) is 62.3 Å². The van der Waals surface area contributed by atoms with Crippen molar-refractivity contribution in [3.05, 3.63) is 46.5 Å². The lowest BCUT2D eigenvalue weighted by Crippen LogP contribution is -2.53. The molecule has 0 unspecified atom stereocenters. The molecular formula is C24H26N2O2Si. The quantitative estimate of drug-likeness (QED) is 0.337. The Kier molecular flexibility index (Phi) is 4.65. The summed E-state index contributed by atoms with van der Waals surface area (Å²) < 4.78 is 0. The van der Waals surface area contributed by atoms with Crippen molar-refractivity contribution in [3.8, 4) is 17.5 Å². The van der Waals surface area contributed by atoms with E-state index in [0.29, 0.717) is 6.42 Å². The minimum Gasteiger partial charge on any atom is -0.307 e. The molecule has 3 aliphatic rings. The summed E-state index contributed by atoms with van der Waals surface area (Å²) >= 11 is 0. The van der Waals surface area contributed by atoms with Crippen LogP contribution in [0.5, 0.6) is 0 Å². The number of carbonyl (C=O) groups is 2. The van der Waals surface area contributed by atoms with Gasteiger partial charge in [-0.2, -0.15) is 5.26 Å². The van der Waals surface area contributed by atoms with E-state index >= 15 is 0 Å². The predicted octanol–water partition coefficient (Wildman–Crippen LogP) is 4.64. The predicted molar refractivity (Wildman–Crippen MR) is 115 cm³/mol. The van der Waals surface area contributed by atoms with Crippen molar-refractivity contribution >= 4 is 19.6 Å². The second-order valence-corrected chi connectivity index (χ2v) is 14.9. The van der Waals surface area contributed by atoms with Crippen LogP contribution in [0, 0.1) is 51.5 Å². The molecule has 29 heavy (non-hydrogen) atoms. The van der Waals surface area contributed by atoms with Crippen LogP contribution in [-0.4, -0.2) is 19.6 Å². The van der Waals surface area contributed by atoms with Crippen molar-refractivity contribution in [1.82, 2.24) is 0 Å². The highest BCUT2D eigenvalue weighted by Gasteiger charge is 2.59. The van der Waals surface area contributed by atoms with E-state index in [0.717, 1.165) is 12.0 Å². The van der Waals surface area contributed by atoms with Crippen molar-refractivity contribution in [1.29, 1.82) is 5.26 Å². The van der Waals surface area contributed by atoms with Crippen LogP contribution in [0.1, 0.15) is 33.6 Å². The zero-order valence-electron chi connectivity index (χ0n) is 17.9. The number of nitriles is 1. The molecule has 0 bridgehead atoms. The van der Waals surface area contributed by atoms with Gasteiger partial charge in [-0.3, -0.25) is 4.79 Å². The molecule has 0 aliphatic heterocycles. The lowest BCUT2D eigenvalue weighted by Gasteiger charge is -2.56. The van der Waals surface area contributed by atoms with Gasteiger partial charge in [0.2, 0.25) is 5.70 Å². The van der Waals surface area contributed by atoms with E-state index in [1.807, 2.05) is 26.8 Å². The van der Waals surface area contributed by atoms with Crippen LogP contribution in [0.4, 0.5) is 0 Å². The highest BCUT2D eigenvalue weighted by Crippen LogP contribution is 2.63. The first-order valence-corrected chi connectivity index (χ1v) is 13.4. The Morgan fingerprint density at radius 2 is 1.86 bits per heavy atom. The molecule has 1 saturated carbocycles. The maximum absolute atomic E-state index is 12.9. The molecule has 0 aromatic carbocycles. The molecule has 0 saturated heterocycles. The van der Waals surface area contributed by atoms with E-state index in [-0.39, 0.29) is 28.8 Å². The van der Waals surface area contributed by atoms with Gasteiger partial charge in [0, 0.05) is 10.8 Å². The fourth-order valence-corrected chi connectivity index (χ4v) is 5.80. The summed E-state index contributed by atoms with van der Waals surface area (Å²) in [5.41, 5.74) is 2.48. The molecule has 0 N–H and O–H groups in total. The van der Waals surface area contributed by atoms with Crippen LogP contribution >= 0.6 is 0 Å². The average Bonchev–Trinajstić information content (AvgIpc) is 2.63. The molecule has 0 aromatic heterocycles. The lowest BCUT2D eigenvalue weighted by atomic mass is 9.46. The molecule has 3 atom stereocenters. The molecule has 5 heteroatoms. The normalized spacial score (nSPS) is 32.8. The third-order valence-corrected chi connectivity index (χ3v) is 7.45. The van der Waals surface area contributed by atoms with Gasteiger partial charge < -0.3 is 4.79 Å². The number of fused-ring (bicyclic) bond motifs is 3. The monoisotopic (exact) mass is 402 g/mol. The lowest BCUT2D eigenvalue weighted by molar-refractivity contribution is -0.130. The highest BCUT2D eigenvalue weighted by atomic mass is 28.3. The molecular weight excluding hydrogens is 376 g/mol. The van der Waals surface area contributed by atoms with Crippen LogP contribution in [0.15, 0.2) is 35.1 Å². The third-order valence-electron chi connectivity index (χ3n) is 6.57. The van der Waals surface area contributed by atoms with E-state index in [4.69, 9.17) is 6.57 Å². The van der Waals surface area contributed by atoms with E-state index in [1.54, 1.807) is 18.2 Å². The number of ketones is 2. The number of hydrogen-bond donors (Lipinski definition) is 0. The van der Waals surface area contributed by atoms with Crippen LogP contribution in [0.3, 0.4) is 0 Å². The van der Waals surface area contributed by atoms with E-state index in [2.05, 4.69) is 36.0 Å². The number of rotatable bonds is 0. The summed E-state index contributed by atoms with van der Waals surface area (Å²) in [6.07, 6.45) is 6.46. The van der Waals surface area contributed by atoms with Crippen molar-refractivity contribution in [2.45, 2.75) is 53.3 Å². The second-order valence-electron chi connectivity index (χ2n) is 10.1. The summed E-state index contributed by atoms with van der Waals surface area (Å²) in [7, 11) is -1.70. The first-order chi connectivity index (χ1) is 13.3. The molecule has 0 aromatic rings. The summed E-state index contributed by atoms with van der Waals surface area (Å²) in [6.45, 7) is 19.8. The van der Waals surface area contributed by atoms with Gasteiger partial charge in [0.25, 0.3) is 0 Å². The van der Waals surface area contributed by atoms with E-state index < -0.39 is 24.3 Å². The van der Waals surface area contributed by atoms with Gasteiger partial charge in [-0.15, -0.1) is 5.54 Å². The zero-order chi connectivity index (χ0) is 21.8. The zero-order valence-corrected chi connectivity index (χ0v) is 18.9. The van der Waals surface area contributed by atoms with Crippen molar-refractivity contribution in [2.75, 3.05) is 0 Å². The van der Waals surface area contributed by atoms with E-state index in [9.17, 15) is 14.9 Å². The summed E-state index contributed by atoms with van der Waals surface area (Å²) in [5.74, 6) is 2.98. The molecule has 3 rings (SSSR count). The number of hydrogen-bond acceptors (Lipinski definition) is 3. The van der Waals surface area contributed by atoms with Crippen LogP contribution in [-0.2, 0) is 9.59 Å². The van der Waals surface area contributed by atoms with Crippen LogP contribution in [0.25, 0.3) is 4.85 Å². The van der Waals surface area contributed by atoms with E-state index in [1.165, 1.54) is 0 Å². The fourth-order valence-electron chi connectivity index (χ4n) is 5.20. The van der Waals surface area contributed by atoms with Crippen molar-refractivity contribution < 1.29 is 9.59 Å². The maximum Gasteiger partial charge on any atom is 0.226 e. The molecule has 0 spiro atoms. The standard InChI is InChI=1S/C24H26N2O2Si/c1-22(2)19-8-9-24(10-11-29(5,6)7)13-16(15-25)18(27)12-20(24)23(19,3)14-17(26-4)21(22)28/h12-14,19H,8-9H2,1-3,5-7H3/t19-,23-,24+/m0/s1. The molecule has 4 nitrogen and oxygen atoms in total. The second kappa shape index (κ2) is 6.41. The Labute approximate surface area is 174 Å². The van der Waals surface area contributed by atoms with Gasteiger partial charge in [-0.25, -0.2) is 4.85 Å². The average molecular weight is 403 g/mol. The van der Waals surface area contributed by atoms with Gasteiger partial charge in [0.15, 0.2) is 11.6 Å². The van der Waals surface area contributed by atoms with Crippen LogP contribution < -0.4 is 0 Å². The number of nitrogens with zero attached hydrogens (tertiary/aromatic N) is 2. The molecule has 3 aliphatic carbocycles. The Bertz CT molecular complexity index is 1060. The Morgan fingerprint density at radius 3 is 2.41 bits per heavy atom. The largest absolute Gasteiger partial charge is 0.307 e. The molecule has 148 valence electrons.